The molecule has 1 heterocycles. The molecule has 0 bridgehead atoms. The van der Waals surface area contributed by atoms with E-state index in [2.05, 4.69) is 22.0 Å². The Morgan fingerprint density at radius 2 is 2.06 bits per heavy atom. The molecular weight excluding hydrogens is 235 g/mol. The molecule has 0 atom stereocenters. The zero-order valence-corrected chi connectivity index (χ0v) is 10.1. The molecule has 6 heteroatoms. The van der Waals surface area contributed by atoms with Gasteiger partial charge >= 0.3 is 0 Å². The SMILES string of the molecule is C=Cc1nnn(CC)n1.OCc1ccc(F)cc1. The maximum absolute atomic E-state index is 12.1. The number of aromatic nitrogens is 4. The molecular formula is C12H15FN4O. The Labute approximate surface area is 105 Å². The number of tetrazole rings is 1. The van der Waals surface area contributed by atoms with E-state index in [1.165, 1.54) is 16.9 Å². The highest BCUT2D eigenvalue weighted by Crippen LogP contribution is 2.01. The highest BCUT2D eigenvalue weighted by molar-refractivity contribution is 5.33. The Balaban J connectivity index is 0.000000180. The third-order valence-corrected chi connectivity index (χ3v) is 2.03. The van der Waals surface area contributed by atoms with Gasteiger partial charge in [0, 0.05) is 0 Å². The molecule has 1 aromatic heterocycles. The summed E-state index contributed by atoms with van der Waals surface area (Å²) in [5, 5.41) is 19.8. The molecule has 0 radical (unpaired) electrons. The van der Waals surface area contributed by atoms with E-state index in [-0.39, 0.29) is 12.4 Å². The summed E-state index contributed by atoms with van der Waals surface area (Å²) in [5.41, 5.74) is 0.733. The predicted octanol–water partition coefficient (Wildman–Crippen LogP) is 1.65. The van der Waals surface area contributed by atoms with Crippen LogP contribution >= 0.6 is 0 Å². The van der Waals surface area contributed by atoms with E-state index in [0.29, 0.717) is 5.82 Å². The van der Waals surface area contributed by atoms with Crippen LogP contribution in [0, 0.1) is 5.82 Å². The molecule has 0 aliphatic rings. The quantitative estimate of drug-likeness (QED) is 0.899. The van der Waals surface area contributed by atoms with Gasteiger partial charge in [-0.3, -0.25) is 0 Å². The van der Waals surface area contributed by atoms with Crippen molar-refractivity contribution in [3.05, 3.63) is 48.0 Å². The van der Waals surface area contributed by atoms with Crippen molar-refractivity contribution in [2.24, 2.45) is 0 Å². The summed E-state index contributed by atoms with van der Waals surface area (Å²) >= 11 is 0. The van der Waals surface area contributed by atoms with Gasteiger partial charge in [0.25, 0.3) is 0 Å². The number of hydrogen-bond acceptors (Lipinski definition) is 4. The smallest absolute Gasteiger partial charge is 0.197 e. The van der Waals surface area contributed by atoms with E-state index in [1.54, 1.807) is 18.2 Å². The van der Waals surface area contributed by atoms with E-state index < -0.39 is 0 Å². The van der Waals surface area contributed by atoms with Crippen LogP contribution in [0.15, 0.2) is 30.8 Å². The molecule has 18 heavy (non-hydrogen) atoms. The van der Waals surface area contributed by atoms with Gasteiger partial charge in [-0.15, -0.1) is 10.2 Å². The third-order valence-electron chi connectivity index (χ3n) is 2.03. The average molecular weight is 250 g/mol. The highest BCUT2D eigenvalue weighted by atomic mass is 19.1. The van der Waals surface area contributed by atoms with Crippen molar-refractivity contribution < 1.29 is 9.50 Å². The average Bonchev–Trinajstić information content (AvgIpc) is 2.88. The molecule has 0 aliphatic carbocycles. The lowest BCUT2D eigenvalue weighted by Crippen LogP contribution is -1.98. The van der Waals surface area contributed by atoms with Gasteiger partial charge in [-0.2, -0.15) is 4.80 Å². The van der Waals surface area contributed by atoms with Crippen LogP contribution in [0.4, 0.5) is 4.39 Å². The molecule has 0 saturated carbocycles. The van der Waals surface area contributed by atoms with E-state index >= 15 is 0 Å². The molecule has 96 valence electrons. The van der Waals surface area contributed by atoms with Gasteiger partial charge in [0.2, 0.25) is 0 Å². The second-order valence-electron chi connectivity index (χ2n) is 3.32. The van der Waals surface area contributed by atoms with E-state index in [1.807, 2.05) is 6.92 Å². The van der Waals surface area contributed by atoms with Crippen LogP contribution in [0.3, 0.4) is 0 Å². The fourth-order valence-electron chi connectivity index (χ4n) is 1.06. The summed E-state index contributed by atoms with van der Waals surface area (Å²) in [5.74, 6) is 0.309. The van der Waals surface area contributed by atoms with Crippen LogP contribution < -0.4 is 0 Å². The third kappa shape index (κ3) is 4.42. The van der Waals surface area contributed by atoms with Crippen molar-refractivity contribution in [1.82, 2.24) is 20.2 Å². The first kappa shape index (κ1) is 14.0. The number of hydrogen-bond donors (Lipinski definition) is 1. The van der Waals surface area contributed by atoms with Crippen LogP contribution in [-0.2, 0) is 13.2 Å². The summed E-state index contributed by atoms with van der Waals surface area (Å²) < 4.78 is 12.1. The topological polar surface area (TPSA) is 63.8 Å². The molecule has 1 aromatic carbocycles. The zero-order valence-electron chi connectivity index (χ0n) is 10.1. The van der Waals surface area contributed by atoms with Crippen LogP contribution in [0.2, 0.25) is 0 Å². The number of halogens is 1. The van der Waals surface area contributed by atoms with Crippen molar-refractivity contribution in [1.29, 1.82) is 0 Å². The van der Waals surface area contributed by atoms with Crippen LogP contribution in [0.5, 0.6) is 0 Å². The van der Waals surface area contributed by atoms with Crippen molar-refractivity contribution in [3.8, 4) is 0 Å². The van der Waals surface area contributed by atoms with Gasteiger partial charge in [0.15, 0.2) is 5.82 Å². The lowest BCUT2D eigenvalue weighted by molar-refractivity contribution is 0.281. The second-order valence-corrected chi connectivity index (χ2v) is 3.32. The maximum Gasteiger partial charge on any atom is 0.197 e. The molecule has 1 N–H and O–H groups in total. The monoisotopic (exact) mass is 250 g/mol. The summed E-state index contributed by atoms with van der Waals surface area (Å²) in [6.45, 7) is 6.18. The Hall–Kier alpha value is -2.08. The standard InChI is InChI=1S/C7H7FO.C5H8N4/c8-7-3-1-6(5-9)2-4-7;1-3-5-6-8-9(4-2)7-5/h1-4,9H,5H2;3H,1,4H2,2H3. The van der Waals surface area contributed by atoms with E-state index in [4.69, 9.17) is 5.11 Å². The Bertz CT molecular complexity index is 481. The van der Waals surface area contributed by atoms with Crippen LogP contribution in [-0.4, -0.2) is 25.3 Å². The van der Waals surface area contributed by atoms with Gasteiger partial charge in [-0.25, -0.2) is 4.39 Å². The number of nitrogens with zero attached hydrogens (tertiary/aromatic N) is 4. The number of aliphatic hydroxyl groups is 1. The van der Waals surface area contributed by atoms with Crippen molar-refractivity contribution in [3.63, 3.8) is 0 Å². The fraction of sp³-hybridized carbons (Fsp3) is 0.250. The molecule has 0 aliphatic heterocycles. The van der Waals surface area contributed by atoms with Gasteiger partial charge in [0.1, 0.15) is 5.82 Å². The van der Waals surface area contributed by atoms with E-state index in [9.17, 15) is 4.39 Å². The van der Waals surface area contributed by atoms with Crippen LogP contribution in [0.1, 0.15) is 18.3 Å². The molecule has 0 unspecified atom stereocenters. The summed E-state index contributed by atoms with van der Waals surface area (Å²) in [6, 6.07) is 5.75. The molecule has 0 fully saturated rings. The molecule has 0 spiro atoms. The predicted molar refractivity (Wildman–Crippen MR) is 65.9 cm³/mol. The van der Waals surface area contributed by atoms with Gasteiger partial charge in [-0.05, 0) is 35.9 Å². The largest absolute Gasteiger partial charge is 0.392 e. The first-order valence-corrected chi connectivity index (χ1v) is 5.45. The number of rotatable bonds is 3. The first-order valence-electron chi connectivity index (χ1n) is 5.45. The number of aliphatic hydroxyl groups excluding tert-OH is 1. The van der Waals surface area contributed by atoms with Gasteiger partial charge in [0.05, 0.1) is 13.2 Å². The molecule has 2 aromatic rings. The fourth-order valence-corrected chi connectivity index (χ4v) is 1.06. The van der Waals surface area contributed by atoms with Gasteiger partial charge < -0.3 is 5.11 Å². The minimum atomic E-state index is -0.271. The summed E-state index contributed by atoms with van der Waals surface area (Å²) in [6.07, 6.45) is 1.57. The summed E-state index contributed by atoms with van der Waals surface area (Å²) in [4.78, 5) is 1.51. The minimum Gasteiger partial charge on any atom is -0.392 e. The first-order chi connectivity index (χ1) is 8.69. The molecule has 5 nitrogen and oxygen atoms in total. The van der Waals surface area contributed by atoms with E-state index in [0.717, 1.165) is 12.1 Å². The number of aryl methyl sites for hydroxylation is 1. The highest BCUT2D eigenvalue weighted by Gasteiger charge is 1.92. The summed E-state index contributed by atoms with van der Waals surface area (Å²) in [7, 11) is 0. The molecule has 0 saturated heterocycles. The van der Waals surface area contributed by atoms with Crippen LogP contribution in [0.25, 0.3) is 6.08 Å². The Morgan fingerprint density at radius 1 is 1.39 bits per heavy atom. The maximum atomic E-state index is 12.1. The Morgan fingerprint density at radius 3 is 2.44 bits per heavy atom. The normalized spacial score (nSPS) is 9.50. The van der Waals surface area contributed by atoms with Crippen molar-refractivity contribution in [2.45, 2.75) is 20.1 Å². The number of benzene rings is 1. The Kier molecular flexibility index (Phi) is 5.66. The minimum absolute atomic E-state index is 0.0275. The molecule has 0 amide bonds. The molecule has 2 rings (SSSR count). The van der Waals surface area contributed by atoms with Crippen molar-refractivity contribution >= 4 is 6.08 Å². The van der Waals surface area contributed by atoms with Gasteiger partial charge in [-0.1, -0.05) is 18.7 Å². The zero-order chi connectivity index (χ0) is 13.4. The lowest BCUT2D eigenvalue weighted by atomic mass is 10.2. The lowest BCUT2D eigenvalue weighted by Gasteiger charge is -1.91. The van der Waals surface area contributed by atoms with Crippen molar-refractivity contribution in [2.75, 3.05) is 0 Å². The second kappa shape index (κ2) is 7.29.